The van der Waals surface area contributed by atoms with E-state index in [1.54, 1.807) is 19.1 Å². The fourth-order valence-corrected chi connectivity index (χ4v) is 2.78. The van der Waals surface area contributed by atoms with Gasteiger partial charge in [0.15, 0.2) is 17.5 Å². The first-order valence-corrected chi connectivity index (χ1v) is 8.67. The molecule has 30 heavy (non-hydrogen) atoms. The minimum Gasteiger partial charge on any atom is -0.490 e. The molecule has 0 aliphatic heterocycles. The van der Waals surface area contributed by atoms with Crippen LogP contribution in [-0.4, -0.2) is 23.5 Å². The fraction of sp³-hybridized carbons (Fsp3) is 0.200. The Morgan fingerprint density at radius 3 is 2.43 bits per heavy atom. The highest BCUT2D eigenvalue weighted by atomic mass is 19.2. The van der Waals surface area contributed by atoms with Gasteiger partial charge in [-0.05, 0) is 48.4 Å². The van der Waals surface area contributed by atoms with E-state index in [-0.39, 0.29) is 23.8 Å². The van der Waals surface area contributed by atoms with Crippen molar-refractivity contribution < 1.29 is 27.0 Å². The van der Waals surface area contributed by atoms with Crippen LogP contribution in [0.3, 0.4) is 0 Å². The molecule has 0 unspecified atom stereocenters. The maximum atomic E-state index is 13.6. The molecule has 0 amide bonds. The molecule has 0 spiro atoms. The van der Waals surface area contributed by atoms with Crippen molar-refractivity contribution in [3.63, 3.8) is 0 Å². The summed E-state index contributed by atoms with van der Waals surface area (Å²) in [6.45, 7) is 0.614. The number of hydrogen-bond acceptors (Lipinski definition) is 5. The summed E-state index contributed by atoms with van der Waals surface area (Å²) in [7, 11) is 1.28. The Bertz CT molecular complexity index is 1110. The maximum Gasteiger partial charge on any atom is 0.316 e. The topological polar surface area (TPSA) is 65.4 Å². The van der Waals surface area contributed by atoms with Crippen LogP contribution in [0.2, 0.25) is 0 Å². The molecule has 0 aliphatic rings. The van der Waals surface area contributed by atoms with Crippen LogP contribution in [0.15, 0.2) is 41.3 Å². The van der Waals surface area contributed by atoms with Crippen molar-refractivity contribution in [1.29, 1.82) is 0 Å². The molecule has 0 atom stereocenters. The Morgan fingerprint density at radius 2 is 1.83 bits per heavy atom. The van der Waals surface area contributed by atoms with Crippen LogP contribution in [0.5, 0.6) is 11.5 Å². The lowest BCUT2D eigenvalue weighted by atomic mass is 10.2. The van der Waals surface area contributed by atoms with E-state index in [1.807, 2.05) is 0 Å². The predicted octanol–water partition coefficient (Wildman–Crippen LogP) is 4.08. The van der Waals surface area contributed by atoms with Gasteiger partial charge in [0.25, 0.3) is 0 Å². The van der Waals surface area contributed by atoms with Gasteiger partial charge in [-0.1, -0.05) is 0 Å². The summed E-state index contributed by atoms with van der Waals surface area (Å²) in [5, 5.41) is 2.95. The Balaban J connectivity index is 2.00. The van der Waals surface area contributed by atoms with E-state index in [1.165, 1.54) is 23.9 Å². The molecule has 1 N–H and O–H groups in total. The monoisotopic (exact) mass is 423 g/mol. The van der Waals surface area contributed by atoms with E-state index < -0.39 is 29.9 Å². The predicted molar refractivity (Wildman–Crippen MR) is 102 cm³/mol. The summed E-state index contributed by atoms with van der Waals surface area (Å²) in [6.07, 6.45) is 1.31. The molecular formula is C20H17F4N3O3. The number of aromatic nitrogens is 2. The van der Waals surface area contributed by atoms with Crippen LogP contribution in [-0.2, 0) is 6.54 Å². The second-order valence-corrected chi connectivity index (χ2v) is 6.29. The third-order valence-corrected chi connectivity index (χ3v) is 4.25. The number of ether oxygens (including phenoxy) is 2. The zero-order valence-electron chi connectivity index (χ0n) is 16.0. The molecule has 0 fully saturated rings. The number of rotatable bonds is 7. The lowest BCUT2D eigenvalue weighted by Crippen LogP contribution is -2.19. The third-order valence-electron chi connectivity index (χ3n) is 4.25. The highest BCUT2D eigenvalue weighted by Crippen LogP contribution is 2.25. The summed E-state index contributed by atoms with van der Waals surface area (Å²) >= 11 is 0. The number of aryl methyl sites for hydroxylation is 1. The molecule has 158 valence electrons. The minimum absolute atomic E-state index is 0.0493. The number of alkyl halides is 1. The van der Waals surface area contributed by atoms with Crippen LogP contribution >= 0.6 is 0 Å². The second-order valence-electron chi connectivity index (χ2n) is 6.29. The first-order chi connectivity index (χ1) is 14.3. The van der Waals surface area contributed by atoms with Crippen LogP contribution in [0.25, 0.3) is 0 Å². The van der Waals surface area contributed by atoms with Gasteiger partial charge in [-0.25, -0.2) is 17.6 Å². The van der Waals surface area contributed by atoms with Gasteiger partial charge in [-0.15, -0.1) is 0 Å². The highest BCUT2D eigenvalue weighted by Gasteiger charge is 2.15. The number of anilines is 2. The van der Waals surface area contributed by atoms with Crippen LogP contribution in [0.1, 0.15) is 11.1 Å². The van der Waals surface area contributed by atoms with Crippen molar-refractivity contribution in [1.82, 2.24) is 9.55 Å². The van der Waals surface area contributed by atoms with Crippen molar-refractivity contribution in [2.45, 2.75) is 13.5 Å². The van der Waals surface area contributed by atoms with Crippen molar-refractivity contribution >= 4 is 11.6 Å². The molecule has 3 aromatic rings. The molecule has 0 aliphatic carbocycles. The molecule has 2 aromatic carbocycles. The van der Waals surface area contributed by atoms with Gasteiger partial charge in [0.05, 0.1) is 19.9 Å². The lowest BCUT2D eigenvalue weighted by molar-refractivity contribution is 0.191. The first kappa shape index (κ1) is 21.2. The van der Waals surface area contributed by atoms with Gasteiger partial charge in [0.2, 0.25) is 18.6 Å². The first-order valence-electron chi connectivity index (χ1n) is 8.67. The Labute approximate surface area is 168 Å². The zero-order chi connectivity index (χ0) is 21.8. The quantitative estimate of drug-likeness (QED) is 0.458. The normalized spacial score (nSPS) is 10.7. The Kier molecular flexibility index (Phi) is 6.24. The Hall–Kier alpha value is -3.56. The van der Waals surface area contributed by atoms with Gasteiger partial charge >= 0.3 is 5.56 Å². The summed E-state index contributed by atoms with van der Waals surface area (Å²) in [6, 6.07) is 6.39. The molecule has 3 rings (SSSR count). The highest BCUT2D eigenvalue weighted by molar-refractivity contribution is 5.60. The molecule has 1 heterocycles. The average molecular weight is 423 g/mol. The largest absolute Gasteiger partial charge is 0.490 e. The van der Waals surface area contributed by atoms with Gasteiger partial charge in [0, 0.05) is 5.69 Å². The molecular weight excluding hydrogens is 406 g/mol. The van der Waals surface area contributed by atoms with Crippen LogP contribution in [0, 0.1) is 24.4 Å². The molecule has 0 radical (unpaired) electrons. The van der Waals surface area contributed by atoms with E-state index in [2.05, 4.69) is 10.3 Å². The van der Waals surface area contributed by atoms with Gasteiger partial charge in [-0.2, -0.15) is 4.98 Å². The van der Waals surface area contributed by atoms with Gasteiger partial charge in [0.1, 0.15) is 5.75 Å². The molecule has 0 saturated heterocycles. The van der Waals surface area contributed by atoms with E-state index in [4.69, 9.17) is 9.47 Å². The molecule has 0 bridgehead atoms. The molecule has 6 nitrogen and oxygen atoms in total. The number of nitrogens with zero attached hydrogens (tertiary/aromatic N) is 2. The van der Waals surface area contributed by atoms with Gasteiger partial charge in [-0.3, -0.25) is 4.79 Å². The van der Waals surface area contributed by atoms with Crippen LogP contribution in [0.4, 0.5) is 29.2 Å². The Morgan fingerprint density at radius 1 is 1.13 bits per heavy atom. The summed E-state index contributed by atoms with van der Waals surface area (Å²) in [4.78, 5) is 16.0. The van der Waals surface area contributed by atoms with Crippen molar-refractivity contribution in [2.75, 3.05) is 19.3 Å². The van der Waals surface area contributed by atoms with E-state index in [9.17, 15) is 22.4 Å². The number of methoxy groups -OCH3 is 1. The number of benzene rings is 2. The maximum absolute atomic E-state index is 13.6. The smallest absolute Gasteiger partial charge is 0.316 e. The SMILES string of the molecule is COc1cn(Cc2cc(F)c(F)c(F)c2)c(Nc2ccc(OCF)cc2C)nc1=O. The standard InChI is InChI=1S/C20H17F4N3O3/c1-11-5-13(30-10-21)3-4-16(11)25-20-26-19(28)17(29-2)9-27(20)8-12-6-14(22)18(24)15(23)7-12/h3-7,9H,8,10H2,1-2H3,(H,25,26,28). The third kappa shape index (κ3) is 4.53. The minimum atomic E-state index is -1.57. The molecule has 0 saturated carbocycles. The van der Waals surface area contributed by atoms with Gasteiger partial charge < -0.3 is 19.4 Å². The average Bonchev–Trinajstić information content (AvgIpc) is 2.70. The fourth-order valence-electron chi connectivity index (χ4n) is 2.78. The van der Waals surface area contributed by atoms with E-state index in [0.717, 1.165) is 12.1 Å². The lowest BCUT2D eigenvalue weighted by Gasteiger charge is -2.17. The van der Waals surface area contributed by atoms with Crippen molar-refractivity contribution in [3.8, 4) is 11.5 Å². The van der Waals surface area contributed by atoms with Crippen LogP contribution < -0.4 is 20.3 Å². The van der Waals surface area contributed by atoms with E-state index in [0.29, 0.717) is 17.0 Å². The number of hydrogen-bond donors (Lipinski definition) is 1. The summed E-state index contributed by atoms with van der Waals surface area (Å²) in [5.74, 6) is -3.96. The van der Waals surface area contributed by atoms with E-state index >= 15 is 0 Å². The number of nitrogens with one attached hydrogen (secondary N) is 1. The summed E-state index contributed by atoms with van der Waals surface area (Å²) in [5.41, 5.74) is 0.632. The molecule has 10 heteroatoms. The number of halogens is 4. The van der Waals surface area contributed by atoms with Crippen molar-refractivity contribution in [3.05, 3.63) is 75.5 Å². The van der Waals surface area contributed by atoms with Crippen molar-refractivity contribution in [2.24, 2.45) is 0 Å². The zero-order valence-corrected chi connectivity index (χ0v) is 16.0. The summed E-state index contributed by atoms with van der Waals surface area (Å²) < 4.78 is 63.9. The molecule has 1 aromatic heterocycles. The second kappa shape index (κ2) is 8.85.